The van der Waals surface area contributed by atoms with Gasteiger partial charge < -0.3 is 10.3 Å². The number of nitrogen functional groups attached to an aromatic ring is 1. The Morgan fingerprint density at radius 3 is 2.57 bits per heavy atom. The molecule has 0 bridgehead atoms. The van der Waals surface area contributed by atoms with Crippen molar-refractivity contribution >= 4 is 40.1 Å². The molecule has 0 saturated heterocycles. The van der Waals surface area contributed by atoms with Crippen molar-refractivity contribution in [3.63, 3.8) is 0 Å². The van der Waals surface area contributed by atoms with Crippen LogP contribution in [0.2, 0.25) is 10.0 Å². The number of rotatable bonds is 2. The van der Waals surface area contributed by atoms with Crippen LogP contribution in [0.25, 0.3) is 22.6 Å². The molecular formula is C15H14Cl2N4. The zero-order valence-electron chi connectivity index (χ0n) is 11.6. The van der Waals surface area contributed by atoms with Crippen LogP contribution >= 0.6 is 23.2 Å². The molecule has 0 aliphatic heterocycles. The lowest BCUT2D eigenvalue weighted by Gasteiger charge is -2.15. The highest BCUT2D eigenvalue weighted by molar-refractivity contribution is 6.37. The summed E-state index contributed by atoms with van der Waals surface area (Å²) in [7, 11) is 0. The fraction of sp³-hybridized carbons (Fsp3) is 0.200. The summed E-state index contributed by atoms with van der Waals surface area (Å²) < 4.78 is 2.02. The van der Waals surface area contributed by atoms with Crippen molar-refractivity contribution < 1.29 is 0 Å². The van der Waals surface area contributed by atoms with Gasteiger partial charge in [-0.05, 0) is 38.1 Å². The van der Waals surface area contributed by atoms with Crippen LogP contribution in [0.3, 0.4) is 0 Å². The third kappa shape index (κ3) is 2.24. The number of imidazole rings is 1. The Morgan fingerprint density at radius 1 is 1.14 bits per heavy atom. The van der Waals surface area contributed by atoms with Gasteiger partial charge in [-0.25, -0.2) is 9.97 Å². The molecule has 3 aromatic rings. The molecule has 0 aliphatic carbocycles. The summed E-state index contributed by atoms with van der Waals surface area (Å²) in [6.45, 7) is 4.13. The zero-order valence-corrected chi connectivity index (χ0v) is 13.2. The highest BCUT2D eigenvalue weighted by Crippen LogP contribution is 2.39. The summed E-state index contributed by atoms with van der Waals surface area (Å²) in [4.78, 5) is 9.06. The largest absolute Gasteiger partial charge is 0.397 e. The summed E-state index contributed by atoms with van der Waals surface area (Å²) in [6.07, 6.45) is 1.75. The second-order valence-electron chi connectivity index (χ2n) is 5.06. The van der Waals surface area contributed by atoms with Gasteiger partial charge in [0.1, 0.15) is 11.3 Å². The number of nitrogens with zero attached hydrogens (tertiary/aromatic N) is 3. The maximum absolute atomic E-state index is 6.33. The number of aromatic nitrogens is 3. The Morgan fingerprint density at radius 2 is 1.86 bits per heavy atom. The highest BCUT2D eigenvalue weighted by Gasteiger charge is 2.20. The molecule has 2 heterocycles. The number of hydrogen-bond donors (Lipinski definition) is 1. The Bertz CT molecular complexity index is 824. The minimum Gasteiger partial charge on any atom is -0.397 e. The third-order valence-electron chi connectivity index (χ3n) is 3.33. The van der Waals surface area contributed by atoms with Gasteiger partial charge in [-0.2, -0.15) is 0 Å². The van der Waals surface area contributed by atoms with E-state index in [2.05, 4.69) is 23.8 Å². The Labute approximate surface area is 132 Å². The van der Waals surface area contributed by atoms with Gasteiger partial charge >= 0.3 is 0 Å². The molecule has 0 amide bonds. The average Bonchev–Trinajstić information content (AvgIpc) is 2.82. The fourth-order valence-electron chi connectivity index (χ4n) is 2.39. The second-order valence-corrected chi connectivity index (χ2v) is 5.88. The number of nitrogens with two attached hydrogens (primary N) is 1. The van der Waals surface area contributed by atoms with Gasteiger partial charge in [0.25, 0.3) is 0 Å². The van der Waals surface area contributed by atoms with Crippen molar-refractivity contribution in [2.75, 3.05) is 5.73 Å². The first-order valence-electron chi connectivity index (χ1n) is 6.57. The van der Waals surface area contributed by atoms with E-state index < -0.39 is 0 Å². The molecule has 2 aromatic heterocycles. The molecule has 21 heavy (non-hydrogen) atoms. The fourth-order valence-corrected chi connectivity index (χ4v) is 2.80. The monoisotopic (exact) mass is 320 g/mol. The van der Waals surface area contributed by atoms with Crippen LogP contribution in [0.1, 0.15) is 19.9 Å². The molecule has 0 radical (unpaired) electrons. The predicted molar refractivity (Wildman–Crippen MR) is 87.8 cm³/mol. The molecule has 0 unspecified atom stereocenters. The van der Waals surface area contributed by atoms with E-state index in [1.54, 1.807) is 18.3 Å². The standard InChI is InChI=1S/C15H14Cl2N4/c1-8(2)21-14-11(4-3-7-19-14)20-15(21)12-9(16)5-6-10(17)13(12)18/h3-8H,18H2,1-2H3. The third-order valence-corrected chi connectivity index (χ3v) is 3.97. The lowest BCUT2D eigenvalue weighted by molar-refractivity contribution is 0.620. The van der Waals surface area contributed by atoms with Gasteiger partial charge in [-0.3, -0.25) is 0 Å². The second kappa shape index (κ2) is 5.20. The summed E-state index contributed by atoms with van der Waals surface area (Å²) in [6, 6.07) is 7.34. The first-order chi connectivity index (χ1) is 10.0. The minimum absolute atomic E-state index is 0.161. The maximum atomic E-state index is 6.33. The normalized spacial score (nSPS) is 11.5. The molecule has 0 saturated carbocycles. The van der Waals surface area contributed by atoms with Crippen LogP contribution < -0.4 is 5.73 Å². The summed E-state index contributed by atoms with van der Waals surface area (Å²) >= 11 is 12.5. The summed E-state index contributed by atoms with van der Waals surface area (Å²) in [5.74, 6) is 0.684. The van der Waals surface area contributed by atoms with E-state index in [4.69, 9.17) is 28.9 Å². The van der Waals surface area contributed by atoms with Crippen LogP contribution in [-0.2, 0) is 0 Å². The van der Waals surface area contributed by atoms with Gasteiger partial charge in [-0.1, -0.05) is 23.2 Å². The van der Waals surface area contributed by atoms with Gasteiger partial charge in [0.2, 0.25) is 0 Å². The first-order valence-corrected chi connectivity index (χ1v) is 7.33. The molecule has 3 rings (SSSR count). The maximum Gasteiger partial charge on any atom is 0.160 e. The highest BCUT2D eigenvalue weighted by atomic mass is 35.5. The number of pyridine rings is 1. The lowest BCUT2D eigenvalue weighted by atomic mass is 10.1. The molecule has 0 atom stereocenters. The Kier molecular flexibility index (Phi) is 3.51. The van der Waals surface area contributed by atoms with E-state index in [1.165, 1.54) is 0 Å². The number of halogens is 2. The van der Waals surface area contributed by atoms with Crippen LogP contribution in [0.15, 0.2) is 30.5 Å². The van der Waals surface area contributed by atoms with Crippen LogP contribution in [0.5, 0.6) is 0 Å². The lowest BCUT2D eigenvalue weighted by Crippen LogP contribution is -2.06. The Balaban J connectivity index is 2.41. The predicted octanol–water partition coefficient (Wildman–Crippen LogP) is 4.57. The van der Waals surface area contributed by atoms with Gasteiger partial charge in [0.15, 0.2) is 5.65 Å². The zero-order chi connectivity index (χ0) is 15.1. The van der Waals surface area contributed by atoms with Crippen molar-refractivity contribution in [2.45, 2.75) is 19.9 Å². The van der Waals surface area contributed by atoms with Gasteiger partial charge in [0, 0.05) is 12.2 Å². The molecular weight excluding hydrogens is 307 g/mol. The van der Waals surface area contributed by atoms with E-state index in [-0.39, 0.29) is 6.04 Å². The molecule has 4 nitrogen and oxygen atoms in total. The van der Waals surface area contributed by atoms with Gasteiger partial charge in [0.05, 0.1) is 21.3 Å². The minimum atomic E-state index is 0.161. The van der Waals surface area contributed by atoms with Crippen molar-refractivity contribution in [2.24, 2.45) is 0 Å². The van der Waals surface area contributed by atoms with E-state index in [0.717, 1.165) is 11.2 Å². The van der Waals surface area contributed by atoms with Gasteiger partial charge in [-0.15, -0.1) is 0 Å². The van der Waals surface area contributed by atoms with Crippen molar-refractivity contribution in [3.8, 4) is 11.4 Å². The number of benzene rings is 1. The number of anilines is 1. The number of hydrogen-bond acceptors (Lipinski definition) is 3. The number of fused-ring (bicyclic) bond motifs is 1. The molecule has 0 spiro atoms. The van der Waals surface area contributed by atoms with Crippen LogP contribution in [0.4, 0.5) is 5.69 Å². The molecule has 0 fully saturated rings. The first kappa shape index (κ1) is 14.2. The topological polar surface area (TPSA) is 56.7 Å². The molecule has 0 aliphatic rings. The summed E-state index contributed by atoms with van der Waals surface area (Å²) in [5.41, 5.74) is 8.80. The van der Waals surface area contributed by atoms with Crippen LogP contribution in [0, 0.1) is 0 Å². The molecule has 6 heteroatoms. The molecule has 1 aromatic carbocycles. The quantitative estimate of drug-likeness (QED) is 0.704. The SMILES string of the molecule is CC(C)n1c(-c2c(Cl)ccc(Cl)c2N)nc2cccnc21. The van der Waals surface area contributed by atoms with Crippen molar-refractivity contribution in [1.82, 2.24) is 14.5 Å². The van der Waals surface area contributed by atoms with E-state index in [0.29, 0.717) is 27.1 Å². The van der Waals surface area contributed by atoms with Crippen LogP contribution in [-0.4, -0.2) is 14.5 Å². The van der Waals surface area contributed by atoms with Crippen molar-refractivity contribution in [1.29, 1.82) is 0 Å². The van der Waals surface area contributed by atoms with E-state index >= 15 is 0 Å². The van der Waals surface area contributed by atoms with E-state index in [9.17, 15) is 0 Å². The smallest absolute Gasteiger partial charge is 0.160 e. The van der Waals surface area contributed by atoms with Crippen molar-refractivity contribution in [3.05, 3.63) is 40.5 Å². The molecule has 108 valence electrons. The van der Waals surface area contributed by atoms with E-state index in [1.807, 2.05) is 16.7 Å². The summed E-state index contributed by atoms with van der Waals surface area (Å²) in [5, 5.41) is 0.985. The average molecular weight is 321 g/mol. The molecule has 2 N–H and O–H groups in total. The Hall–Kier alpha value is -1.78.